The number of nitrogens with zero attached hydrogens (tertiary/aromatic N) is 3. The molecule has 0 atom stereocenters. The lowest BCUT2D eigenvalue weighted by atomic mass is 10.1. The Bertz CT molecular complexity index is 852. The number of benzene rings is 1. The number of thiazole rings is 1. The van der Waals surface area contributed by atoms with Crippen molar-refractivity contribution in [3.05, 3.63) is 56.4 Å². The third kappa shape index (κ3) is 3.05. The Kier molecular flexibility index (Phi) is 4.15. The maximum absolute atomic E-state index is 8.97. The number of hydrogen-bond acceptors (Lipinski definition) is 4. The van der Waals surface area contributed by atoms with Gasteiger partial charge in [-0.3, -0.25) is 4.98 Å². The summed E-state index contributed by atoms with van der Waals surface area (Å²) in [6.07, 6.45) is 1.75. The van der Waals surface area contributed by atoms with E-state index < -0.39 is 0 Å². The molecular weight excluding hydrogens is 414 g/mol. The molecule has 0 radical (unpaired) electrons. The van der Waals surface area contributed by atoms with Crippen LogP contribution in [-0.4, -0.2) is 9.97 Å². The highest BCUT2D eigenvalue weighted by Gasteiger charge is 2.11. The molecular formula is C15H7Br2N3S. The summed E-state index contributed by atoms with van der Waals surface area (Å²) in [6, 6.07) is 11.5. The maximum Gasteiger partial charge on any atom is 0.143 e. The van der Waals surface area contributed by atoms with Gasteiger partial charge in [0.15, 0.2) is 0 Å². The SMILES string of the molecule is N#Cc1cccc(-c2csc(-c3ncc(Br)cc3Br)n2)c1. The molecule has 102 valence electrons. The first-order chi connectivity index (χ1) is 10.2. The highest BCUT2D eigenvalue weighted by Crippen LogP contribution is 2.33. The van der Waals surface area contributed by atoms with Gasteiger partial charge in [0.05, 0.1) is 17.3 Å². The van der Waals surface area contributed by atoms with E-state index in [0.29, 0.717) is 5.56 Å². The Hall–Kier alpha value is -1.55. The van der Waals surface area contributed by atoms with Gasteiger partial charge < -0.3 is 0 Å². The Morgan fingerprint density at radius 2 is 2.05 bits per heavy atom. The van der Waals surface area contributed by atoms with Crippen LogP contribution in [0.5, 0.6) is 0 Å². The molecule has 0 fully saturated rings. The molecule has 0 amide bonds. The monoisotopic (exact) mass is 419 g/mol. The highest BCUT2D eigenvalue weighted by molar-refractivity contribution is 9.11. The fraction of sp³-hybridized carbons (Fsp3) is 0. The zero-order valence-electron chi connectivity index (χ0n) is 10.5. The Morgan fingerprint density at radius 3 is 2.81 bits per heavy atom. The van der Waals surface area contributed by atoms with Gasteiger partial charge in [0.1, 0.15) is 10.7 Å². The largest absolute Gasteiger partial charge is 0.251 e. The Labute approximate surface area is 142 Å². The van der Waals surface area contributed by atoms with Gasteiger partial charge >= 0.3 is 0 Å². The topological polar surface area (TPSA) is 49.6 Å². The lowest BCUT2D eigenvalue weighted by Gasteiger charge is -2.00. The normalized spacial score (nSPS) is 10.3. The molecule has 1 aromatic carbocycles. The van der Waals surface area contributed by atoms with Crippen LogP contribution in [0.25, 0.3) is 22.0 Å². The van der Waals surface area contributed by atoms with Crippen molar-refractivity contribution >= 4 is 43.2 Å². The van der Waals surface area contributed by atoms with Crippen molar-refractivity contribution in [3.8, 4) is 28.0 Å². The number of hydrogen-bond donors (Lipinski definition) is 0. The van der Waals surface area contributed by atoms with Crippen LogP contribution < -0.4 is 0 Å². The molecule has 0 bridgehead atoms. The molecule has 2 aromatic heterocycles. The fourth-order valence-corrected chi connectivity index (χ4v) is 3.98. The molecule has 0 N–H and O–H groups in total. The van der Waals surface area contributed by atoms with Crippen LogP contribution >= 0.6 is 43.2 Å². The van der Waals surface area contributed by atoms with Crippen LogP contribution in [0, 0.1) is 11.3 Å². The predicted molar refractivity (Wildman–Crippen MR) is 90.9 cm³/mol. The number of rotatable bonds is 2. The number of pyridine rings is 1. The second-order valence-electron chi connectivity index (χ2n) is 4.21. The minimum absolute atomic E-state index is 0.630. The van der Waals surface area contributed by atoms with Gasteiger partial charge in [0.2, 0.25) is 0 Å². The minimum Gasteiger partial charge on any atom is -0.251 e. The Balaban J connectivity index is 2.02. The first-order valence-electron chi connectivity index (χ1n) is 5.95. The molecule has 3 rings (SSSR count). The molecule has 6 heteroatoms. The van der Waals surface area contributed by atoms with Crippen molar-refractivity contribution in [1.82, 2.24) is 9.97 Å². The van der Waals surface area contributed by atoms with Crippen LogP contribution in [0.2, 0.25) is 0 Å². The average molecular weight is 421 g/mol. The standard InChI is InChI=1S/C15H7Br2N3S/c16-11-5-12(17)14(19-7-11)15-20-13(8-21-15)10-3-1-2-9(4-10)6-18/h1-5,7-8H. The summed E-state index contributed by atoms with van der Waals surface area (Å²) in [7, 11) is 0. The van der Waals surface area contributed by atoms with Crippen molar-refractivity contribution in [3.63, 3.8) is 0 Å². The molecule has 0 aliphatic heterocycles. The van der Waals surface area contributed by atoms with Gasteiger partial charge in [-0.1, -0.05) is 12.1 Å². The van der Waals surface area contributed by atoms with Crippen molar-refractivity contribution in [2.24, 2.45) is 0 Å². The highest BCUT2D eigenvalue weighted by atomic mass is 79.9. The molecule has 0 unspecified atom stereocenters. The maximum atomic E-state index is 8.97. The summed E-state index contributed by atoms with van der Waals surface area (Å²) in [5, 5.41) is 11.8. The summed E-state index contributed by atoms with van der Waals surface area (Å²) in [4.78, 5) is 9.01. The zero-order chi connectivity index (χ0) is 14.8. The Morgan fingerprint density at radius 1 is 1.19 bits per heavy atom. The minimum atomic E-state index is 0.630. The molecule has 0 spiro atoms. The van der Waals surface area contributed by atoms with E-state index in [9.17, 15) is 0 Å². The van der Waals surface area contributed by atoms with Gasteiger partial charge in [0, 0.05) is 26.1 Å². The zero-order valence-corrected chi connectivity index (χ0v) is 14.5. The van der Waals surface area contributed by atoms with E-state index in [0.717, 1.165) is 30.9 Å². The van der Waals surface area contributed by atoms with E-state index in [1.807, 2.05) is 29.6 Å². The second kappa shape index (κ2) is 6.06. The molecule has 0 aliphatic carbocycles. The molecule has 2 heterocycles. The lowest BCUT2D eigenvalue weighted by molar-refractivity contribution is 1.26. The number of aromatic nitrogens is 2. The van der Waals surface area contributed by atoms with E-state index in [1.54, 1.807) is 12.3 Å². The summed E-state index contributed by atoms with van der Waals surface area (Å²) in [5.74, 6) is 0. The fourth-order valence-electron chi connectivity index (χ4n) is 1.84. The third-order valence-corrected chi connectivity index (χ3v) is 4.69. The van der Waals surface area contributed by atoms with Crippen LogP contribution in [0.1, 0.15) is 5.56 Å². The van der Waals surface area contributed by atoms with Gasteiger partial charge in [-0.05, 0) is 50.1 Å². The van der Waals surface area contributed by atoms with E-state index in [-0.39, 0.29) is 0 Å². The van der Waals surface area contributed by atoms with Gasteiger partial charge in [0.25, 0.3) is 0 Å². The number of halogens is 2. The summed E-state index contributed by atoms with van der Waals surface area (Å²) in [5.41, 5.74) is 3.23. The predicted octanol–water partition coefficient (Wildman–Crippen LogP) is 5.27. The van der Waals surface area contributed by atoms with E-state index >= 15 is 0 Å². The van der Waals surface area contributed by atoms with E-state index in [2.05, 4.69) is 47.9 Å². The molecule has 3 nitrogen and oxygen atoms in total. The molecule has 21 heavy (non-hydrogen) atoms. The lowest BCUT2D eigenvalue weighted by Crippen LogP contribution is -1.85. The number of nitriles is 1. The van der Waals surface area contributed by atoms with Crippen molar-refractivity contribution in [2.45, 2.75) is 0 Å². The van der Waals surface area contributed by atoms with Gasteiger partial charge in [-0.2, -0.15) is 5.26 Å². The van der Waals surface area contributed by atoms with Crippen LogP contribution in [-0.2, 0) is 0 Å². The van der Waals surface area contributed by atoms with Gasteiger partial charge in [-0.25, -0.2) is 4.98 Å². The summed E-state index contributed by atoms with van der Waals surface area (Å²) in [6.45, 7) is 0. The molecule has 0 saturated carbocycles. The van der Waals surface area contributed by atoms with E-state index in [4.69, 9.17) is 5.26 Å². The van der Waals surface area contributed by atoms with Gasteiger partial charge in [-0.15, -0.1) is 11.3 Å². The first-order valence-corrected chi connectivity index (χ1v) is 8.41. The smallest absolute Gasteiger partial charge is 0.143 e. The van der Waals surface area contributed by atoms with Crippen molar-refractivity contribution in [1.29, 1.82) is 5.26 Å². The average Bonchev–Trinajstić information content (AvgIpc) is 2.97. The molecule has 0 saturated heterocycles. The van der Waals surface area contributed by atoms with Crippen LogP contribution in [0.15, 0.2) is 50.9 Å². The molecule has 0 aliphatic rings. The quantitative estimate of drug-likeness (QED) is 0.567. The second-order valence-corrected chi connectivity index (χ2v) is 6.84. The van der Waals surface area contributed by atoms with Crippen molar-refractivity contribution < 1.29 is 0 Å². The first kappa shape index (κ1) is 14.4. The van der Waals surface area contributed by atoms with Crippen LogP contribution in [0.4, 0.5) is 0 Å². The third-order valence-electron chi connectivity index (χ3n) is 2.80. The molecule has 3 aromatic rings. The summed E-state index contributed by atoms with van der Waals surface area (Å²) >= 11 is 8.42. The van der Waals surface area contributed by atoms with Crippen LogP contribution in [0.3, 0.4) is 0 Å². The van der Waals surface area contributed by atoms with Crippen molar-refractivity contribution in [2.75, 3.05) is 0 Å². The van der Waals surface area contributed by atoms with E-state index in [1.165, 1.54) is 11.3 Å². The summed E-state index contributed by atoms with van der Waals surface area (Å²) < 4.78 is 1.81.